The summed E-state index contributed by atoms with van der Waals surface area (Å²) in [4.78, 5) is 0. The van der Waals surface area contributed by atoms with E-state index in [0.29, 0.717) is 12.6 Å². The fraction of sp³-hybridized carbons (Fsp3) is 0.600. The summed E-state index contributed by atoms with van der Waals surface area (Å²) in [5.41, 5.74) is 0. The van der Waals surface area contributed by atoms with Crippen molar-refractivity contribution in [3.63, 3.8) is 0 Å². The molecule has 4 heteroatoms. The van der Waals surface area contributed by atoms with Crippen molar-refractivity contribution in [1.82, 2.24) is 5.32 Å². The van der Waals surface area contributed by atoms with Gasteiger partial charge in [-0.3, -0.25) is 0 Å². The fourth-order valence-electron chi connectivity index (χ4n) is 1.37. The number of hydrogen-bond donors (Lipinski definition) is 1. The molecule has 1 heterocycles. The molecule has 2 unspecified atom stereocenters. The molecule has 80 valence electrons. The van der Waals surface area contributed by atoms with Crippen molar-refractivity contribution >= 4 is 15.9 Å². The molecule has 0 radical (unpaired) electrons. The molecule has 0 saturated carbocycles. The van der Waals surface area contributed by atoms with Crippen LogP contribution >= 0.6 is 15.9 Å². The molecule has 3 nitrogen and oxygen atoms in total. The summed E-state index contributed by atoms with van der Waals surface area (Å²) < 4.78 is 11.2. The molecule has 0 fully saturated rings. The molecule has 0 bridgehead atoms. The van der Waals surface area contributed by atoms with Gasteiger partial charge in [-0.1, -0.05) is 0 Å². The standard InChI is InChI=1S/C10H16BrNO2/c1-7(6-13-3)12-8(2)9-4-5-10(11)14-9/h4-5,7-8,12H,6H2,1-3H3. The Morgan fingerprint density at radius 1 is 1.50 bits per heavy atom. The lowest BCUT2D eigenvalue weighted by molar-refractivity contribution is 0.165. The van der Waals surface area contributed by atoms with Crippen molar-refractivity contribution in [2.24, 2.45) is 0 Å². The van der Waals surface area contributed by atoms with Crippen LogP contribution in [-0.4, -0.2) is 19.8 Å². The maximum Gasteiger partial charge on any atom is 0.169 e. The summed E-state index contributed by atoms with van der Waals surface area (Å²) in [7, 11) is 1.70. The molecular weight excluding hydrogens is 246 g/mol. The zero-order valence-electron chi connectivity index (χ0n) is 8.71. The minimum atomic E-state index is 0.200. The average molecular weight is 262 g/mol. The summed E-state index contributed by atoms with van der Waals surface area (Å²) in [6, 6.07) is 4.38. The molecular formula is C10H16BrNO2. The Morgan fingerprint density at radius 2 is 2.21 bits per heavy atom. The van der Waals surface area contributed by atoms with E-state index in [2.05, 4.69) is 35.1 Å². The monoisotopic (exact) mass is 261 g/mol. The third-order valence-electron chi connectivity index (χ3n) is 1.97. The van der Waals surface area contributed by atoms with Crippen molar-refractivity contribution < 1.29 is 9.15 Å². The van der Waals surface area contributed by atoms with Crippen molar-refractivity contribution in [1.29, 1.82) is 0 Å². The van der Waals surface area contributed by atoms with Gasteiger partial charge in [-0.25, -0.2) is 0 Å². The van der Waals surface area contributed by atoms with E-state index in [-0.39, 0.29) is 6.04 Å². The molecule has 0 aliphatic rings. The number of halogens is 1. The van der Waals surface area contributed by atoms with Crippen molar-refractivity contribution in [3.05, 3.63) is 22.6 Å². The second-order valence-corrected chi connectivity index (χ2v) is 4.17. The normalized spacial score (nSPS) is 15.4. The SMILES string of the molecule is COCC(C)NC(C)c1ccc(Br)o1. The van der Waals surface area contributed by atoms with Crippen molar-refractivity contribution in [2.45, 2.75) is 25.9 Å². The third kappa shape index (κ3) is 3.44. The summed E-state index contributed by atoms with van der Waals surface area (Å²) in [6.07, 6.45) is 0. The molecule has 0 aliphatic carbocycles. The molecule has 1 aromatic rings. The Hall–Kier alpha value is -0.320. The highest BCUT2D eigenvalue weighted by molar-refractivity contribution is 9.10. The Labute approximate surface area is 92.9 Å². The zero-order valence-corrected chi connectivity index (χ0v) is 10.3. The molecule has 2 atom stereocenters. The first kappa shape index (κ1) is 11.8. The largest absolute Gasteiger partial charge is 0.453 e. The molecule has 0 saturated heterocycles. The average Bonchev–Trinajstić information content (AvgIpc) is 2.52. The molecule has 1 aromatic heterocycles. The van der Waals surface area contributed by atoms with Crippen LogP contribution in [0.5, 0.6) is 0 Å². The zero-order chi connectivity index (χ0) is 10.6. The second kappa shape index (κ2) is 5.53. The number of methoxy groups -OCH3 is 1. The number of hydrogen-bond acceptors (Lipinski definition) is 3. The van der Waals surface area contributed by atoms with Gasteiger partial charge in [0.05, 0.1) is 12.6 Å². The molecule has 14 heavy (non-hydrogen) atoms. The van der Waals surface area contributed by atoms with Gasteiger partial charge in [-0.15, -0.1) is 0 Å². The highest BCUT2D eigenvalue weighted by atomic mass is 79.9. The lowest BCUT2D eigenvalue weighted by atomic mass is 10.2. The van der Waals surface area contributed by atoms with Crippen LogP contribution in [0.4, 0.5) is 0 Å². The first-order valence-electron chi connectivity index (χ1n) is 4.63. The van der Waals surface area contributed by atoms with Gasteiger partial charge in [0.1, 0.15) is 5.76 Å². The van der Waals surface area contributed by atoms with Gasteiger partial charge in [0.2, 0.25) is 0 Å². The van der Waals surface area contributed by atoms with E-state index in [4.69, 9.17) is 9.15 Å². The molecule has 1 rings (SSSR count). The van der Waals surface area contributed by atoms with E-state index in [1.54, 1.807) is 7.11 Å². The fourth-order valence-corrected chi connectivity index (χ4v) is 1.69. The van der Waals surface area contributed by atoms with E-state index in [1.807, 2.05) is 12.1 Å². The Balaban J connectivity index is 2.45. The van der Waals surface area contributed by atoms with Crippen molar-refractivity contribution in [2.75, 3.05) is 13.7 Å². The van der Waals surface area contributed by atoms with Gasteiger partial charge in [0.25, 0.3) is 0 Å². The van der Waals surface area contributed by atoms with Crippen LogP contribution in [0.25, 0.3) is 0 Å². The van der Waals surface area contributed by atoms with Crippen LogP contribution in [0.15, 0.2) is 21.2 Å². The minimum Gasteiger partial charge on any atom is -0.453 e. The quantitative estimate of drug-likeness (QED) is 0.885. The molecule has 0 aliphatic heterocycles. The molecule has 0 spiro atoms. The third-order valence-corrected chi connectivity index (χ3v) is 2.40. The Morgan fingerprint density at radius 3 is 2.71 bits per heavy atom. The predicted molar refractivity (Wildman–Crippen MR) is 59.3 cm³/mol. The van der Waals surface area contributed by atoms with Crippen molar-refractivity contribution in [3.8, 4) is 0 Å². The van der Waals surface area contributed by atoms with Crippen LogP contribution in [0, 0.1) is 0 Å². The van der Waals surface area contributed by atoms with E-state index in [1.165, 1.54) is 0 Å². The summed E-state index contributed by atoms with van der Waals surface area (Å²) in [5.74, 6) is 0.930. The maximum absolute atomic E-state index is 5.44. The smallest absolute Gasteiger partial charge is 0.169 e. The lowest BCUT2D eigenvalue weighted by Crippen LogP contribution is -2.32. The van der Waals surface area contributed by atoms with E-state index >= 15 is 0 Å². The van der Waals surface area contributed by atoms with E-state index in [0.717, 1.165) is 10.4 Å². The first-order chi connectivity index (χ1) is 6.63. The van der Waals surface area contributed by atoms with Gasteiger partial charge in [0.15, 0.2) is 4.67 Å². The summed E-state index contributed by atoms with van der Waals surface area (Å²) in [5, 5.41) is 3.37. The lowest BCUT2D eigenvalue weighted by Gasteiger charge is -2.17. The number of furan rings is 1. The first-order valence-corrected chi connectivity index (χ1v) is 5.43. The van der Waals surface area contributed by atoms with Gasteiger partial charge < -0.3 is 14.5 Å². The highest BCUT2D eigenvalue weighted by Gasteiger charge is 2.12. The van der Waals surface area contributed by atoms with Gasteiger partial charge in [-0.2, -0.15) is 0 Å². The van der Waals surface area contributed by atoms with Crippen LogP contribution in [0.2, 0.25) is 0 Å². The molecule has 0 amide bonds. The predicted octanol–water partition coefficient (Wildman–Crippen LogP) is 2.73. The van der Waals surface area contributed by atoms with E-state index in [9.17, 15) is 0 Å². The van der Waals surface area contributed by atoms with Gasteiger partial charge in [-0.05, 0) is 41.9 Å². The van der Waals surface area contributed by atoms with Crippen LogP contribution in [0.3, 0.4) is 0 Å². The number of ether oxygens (including phenoxy) is 1. The Bertz CT molecular complexity index is 275. The molecule has 1 N–H and O–H groups in total. The highest BCUT2D eigenvalue weighted by Crippen LogP contribution is 2.20. The van der Waals surface area contributed by atoms with Crippen LogP contribution in [-0.2, 0) is 4.74 Å². The van der Waals surface area contributed by atoms with Gasteiger partial charge in [0, 0.05) is 13.2 Å². The summed E-state index contributed by atoms with van der Waals surface area (Å²) >= 11 is 3.28. The topological polar surface area (TPSA) is 34.4 Å². The van der Waals surface area contributed by atoms with Crippen LogP contribution < -0.4 is 5.32 Å². The van der Waals surface area contributed by atoms with Gasteiger partial charge >= 0.3 is 0 Å². The maximum atomic E-state index is 5.44. The summed E-state index contributed by atoms with van der Waals surface area (Å²) in [6.45, 7) is 4.85. The minimum absolute atomic E-state index is 0.200. The van der Waals surface area contributed by atoms with Crippen LogP contribution in [0.1, 0.15) is 25.6 Å². The molecule has 0 aromatic carbocycles. The van der Waals surface area contributed by atoms with E-state index < -0.39 is 0 Å². The number of nitrogens with one attached hydrogen (secondary N) is 1. The Kier molecular flexibility index (Phi) is 4.65. The second-order valence-electron chi connectivity index (χ2n) is 3.39. The number of rotatable bonds is 5.